The number of ether oxygens (including phenoxy) is 2. The van der Waals surface area contributed by atoms with Gasteiger partial charge in [-0.05, 0) is 74.5 Å². The highest BCUT2D eigenvalue weighted by Gasteiger charge is 2.43. The molecule has 2 atom stereocenters. The number of aromatic nitrogens is 2. The SMILES string of the molecule is CCOC(=O)CN(C)C(=O)Cc1ccc(OCC[C@@H]2C[C@@H]2C2CCN(c3ncc(C)cn3)CC2)cc1F. The van der Waals surface area contributed by atoms with Crippen molar-refractivity contribution in [2.24, 2.45) is 17.8 Å². The first kappa shape index (κ1) is 26.8. The highest BCUT2D eigenvalue weighted by atomic mass is 19.1. The number of benzene rings is 1. The lowest BCUT2D eigenvalue weighted by Crippen LogP contribution is -2.35. The number of anilines is 1. The Hall–Kier alpha value is -3.23. The molecule has 2 fully saturated rings. The number of likely N-dealkylation sites (N-methyl/N-ethyl adjacent to an activating group) is 1. The third-order valence-corrected chi connectivity index (χ3v) is 7.39. The molecule has 1 aromatic heterocycles. The molecule has 37 heavy (non-hydrogen) atoms. The van der Waals surface area contributed by atoms with Crippen molar-refractivity contribution >= 4 is 17.8 Å². The first-order chi connectivity index (χ1) is 17.8. The molecule has 4 rings (SSSR count). The van der Waals surface area contributed by atoms with Crippen LogP contribution in [0.5, 0.6) is 5.75 Å². The summed E-state index contributed by atoms with van der Waals surface area (Å²) < 4.78 is 25.2. The van der Waals surface area contributed by atoms with Gasteiger partial charge in [-0.1, -0.05) is 6.07 Å². The van der Waals surface area contributed by atoms with Gasteiger partial charge in [-0.3, -0.25) is 9.59 Å². The molecule has 0 N–H and O–H groups in total. The summed E-state index contributed by atoms with van der Waals surface area (Å²) in [7, 11) is 1.50. The normalized spacial score (nSPS) is 19.4. The Bertz CT molecular complexity index is 1070. The quantitative estimate of drug-likeness (QED) is 0.423. The first-order valence-corrected chi connectivity index (χ1v) is 13.2. The number of piperidine rings is 1. The molecule has 2 aromatic rings. The minimum Gasteiger partial charge on any atom is -0.493 e. The van der Waals surface area contributed by atoms with E-state index < -0.39 is 11.8 Å². The van der Waals surface area contributed by atoms with Gasteiger partial charge in [-0.25, -0.2) is 14.4 Å². The summed E-state index contributed by atoms with van der Waals surface area (Å²) in [4.78, 5) is 36.3. The van der Waals surface area contributed by atoms with Crippen LogP contribution in [0.4, 0.5) is 10.3 Å². The third kappa shape index (κ3) is 7.40. The lowest BCUT2D eigenvalue weighted by Gasteiger charge is -2.32. The van der Waals surface area contributed by atoms with E-state index in [1.807, 2.05) is 19.3 Å². The van der Waals surface area contributed by atoms with Crippen LogP contribution in [0.2, 0.25) is 0 Å². The molecule has 1 saturated heterocycles. The number of amides is 1. The molecule has 8 nitrogen and oxygen atoms in total. The zero-order valence-corrected chi connectivity index (χ0v) is 22.0. The van der Waals surface area contributed by atoms with Crippen molar-refractivity contribution in [2.75, 3.05) is 44.8 Å². The lowest BCUT2D eigenvalue weighted by atomic mass is 9.90. The fourth-order valence-electron chi connectivity index (χ4n) is 5.13. The summed E-state index contributed by atoms with van der Waals surface area (Å²) in [5.41, 5.74) is 1.35. The second-order valence-electron chi connectivity index (χ2n) is 10.2. The Labute approximate surface area is 218 Å². The first-order valence-electron chi connectivity index (χ1n) is 13.2. The number of aryl methyl sites for hydroxylation is 1. The van der Waals surface area contributed by atoms with E-state index in [2.05, 4.69) is 14.9 Å². The maximum atomic E-state index is 14.6. The summed E-state index contributed by atoms with van der Waals surface area (Å²) in [5.74, 6) is 2.14. The highest BCUT2D eigenvalue weighted by Crippen LogP contribution is 2.49. The van der Waals surface area contributed by atoms with Crippen molar-refractivity contribution in [1.29, 1.82) is 0 Å². The van der Waals surface area contributed by atoms with Crippen molar-refractivity contribution in [3.05, 3.63) is 47.5 Å². The molecule has 200 valence electrons. The van der Waals surface area contributed by atoms with Crippen LogP contribution in [-0.4, -0.2) is 66.6 Å². The van der Waals surface area contributed by atoms with E-state index in [-0.39, 0.29) is 31.0 Å². The molecule has 0 unspecified atom stereocenters. The predicted molar refractivity (Wildman–Crippen MR) is 138 cm³/mol. The van der Waals surface area contributed by atoms with Crippen LogP contribution in [0.25, 0.3) is 0 Å². The third-order valence-electron chi connectivity index (χ3n) is 7.39. The molecule has 1 saturated carbocycles. The Morgan fingerprint density at radius 1 is 1.19 bits per heavy atom. The van der Waals surface area contributed by atoms with Gasteiger partial charge in [0.05, 0.1) is 19.6 Å². The molecule has 1 aliphatic carbocycles. The van der Waals surface area contributed by atoms with E-state index in [0.717, 1.165) is 42.9 Å². The number of nitrogens with zero attached hydrogens (tertiary/aromatic N) is 4. The van der Waals surface area contributed by atoms with Gasteiger partial charge in [-0.2, -0.15) is 0 Å². The van der Waals surface area contributed by atoms with Gasteiger partial charge in [0.25, 0.3) is 0 Å². The number of carbonyl (C=O) groups excluding carboxylic acids is 2. The summed E-state index contributed by atoms with van der Waals surface area (Å²) in [6, 6.07) is 4.61. The molecule has 9 heteroatoms. The van der Waals surface area contributed by atoms with Gasteiger partial charge in [0, 0.05) is 38.6 Å². The Balaban J connectivity index is 1.16. The number of esters is 1. The van der Waals surface area contributed by atoms with Crippen LogP contribution in [0.1, 0.15) is 43.7 Å². The number of halogens is 1. The Morgan fingerprint density at radius 3 is 2.59 bits per heavy atom. The van der Waals surface area contributed by atoms with E-state index in [1.165, 1.54) is 37.3 Å². The maximum Gasteiger partial charge on any atom is 0.325 e. The van der Waals surface area contributed by atoms with E-state index >= 15 is 0 Å². The number of rotatable bonds is 11. The number of hydrogen-bond donors (Lipinski definition) is 0. The highest BCUT2D eigenvalue weighted by molar-refractivity contribution is 5.83. The van der Waals surface area contributed by atoms with Crippen molar-refractivity contribution < 1.29 is 23.5 Å². The van der Waals surface area contributed by atoms with E-state index in [4.69, 9.17) is 9.47 Å². The average Bonchev–Trinajstić information content (AvgIpc) is 3.66. The maximum absolute atomic E-state index is 14.6. The monoisotopic (exact) mass is 512 g/mol. The van der Waals surface area contributed by atoms with Crippen LogP contribution < -0.4 is 9.64 Å². The summed E-state index contributed by atoms with van der Waals surface area (Å²) in [5, 5.41) is 0. The average molecular weight is 513 g/mol. The Morgan fingerprint density at radius 2 is 1.92 bits per heavy atom. The predicted octanol–water partition coefficient (Wildman–Crippen LogP) is 3.81. The molecule has 0 bridgehead atoms. The van der Waals surface area contributed by atoms with Crippen molar-refractivity contribution in [1.82, 2.24) is 14.9 Å². The lowest BCUT2D eigenvalue weighted by molar-refractivity contribution is -0.147. The summed E-state index contributed by atoms with van der Waals surface area (Å²) in [6.45, 7) is 6.35. The van der Waals surface area contributed by atoms with Crippen LogP contribution in [0.15, 0.2) is 30.6 Å². The smallest absolute Gasteiger partial charge is 0.325 e. The minimum absolute atomic E-state index is 0.124. The van der Waals surface area contributed by atoms with Gasteiger partial charge >= 0.3 is 5.97 Å². The van der Waals surface area contributed by atoms with Crippen LogP contribution in [0.3, 0.4) is 0 Å². The fourth-order valence-corrected chi connectivity index (χ4v) is 5.13. The van der Waals surface area contributed by atoms with Gasteiger partial charge in [0.2, 0.25) is 11.9 Å². The molecule has 0 spiro atoms. The van der Waals surface area contributed by atoms with Crippen molar-refractivity contribution in [2.45, 2.75) is 46.0 Å². The van der Waals surface area contributed by atoms with Gasteiger partial charge in [0.15, 0.2) is 0 Å². The molecule has 2 heterocycles. The summed E-state index contributed by atoms with van der Waals surface area (Å²) in [6.07, 6.45) is 8.16. The summed E-state index contributed by atoms with van der Waals surface area (Å²) >= 11 is 0. The molecular weight excluding hydrogens is 475 g/mol. The van der Waals surface area contributed by atoms with Crippen LogP contribution in [0, 0.1) is 30.5 Å². The number of carbonyl (C=O) groups is 2. The Kier molecular flexibility index (Phi) is 8.95. The zero-order chi connectivity index (χ0) is 26.4. The second-order valence-corrected chi connectivity index (χ2v) is 10.2. The van der Waals surface area contributed by atoms with Gasteiger partial charge in [0.1, 0.15) is 18.1 Å². The van der Waals surface area contributed by atoms with Crippen LogP contribution >= 0.6 is 0 Å². The minimum atomic E-state index is -0.484. The number of hydrogen-bond acceptors (Lipinski definition) is 7. The van der Waals surface area contributed by atoms with Gasteiger partial charge in [-0.15, -0.1) is 0 Å². The van der Waals surface area contributed by atoms with Crippen molar-refractivity contribution in [3.63, 3.8) is 0 Å². The van der Waals surface area contributed by atoms with E-state index in [1.54, 1.807) is 19.1 Å². The van der Waals surface area contributed by atoms with Gasteiger partial charge < -0.3 is 19.3 Å². The van der Waals surface area contributed by atoms with E-state index in [9.17, 15) is 14.0 Å². The second kappa shape index (κ2) is 12.3. The molecule has 1 aliphatic heterocycles. The fraction of sp³-hybridized carbons (Fsp3) is 0.571. The largest absolute Gasteiger partial charge is 0.493 e. The van der Waals surface area contributed by atoms with Crippen LogP contribution in [-0.2, 0) is 20.7 Å². The standard InChI is InChI=1S/C28H37FN4O4/c1-4-36-27(35)18-32(3)26(34)14-22-5-6-23(15-25(22)29)37-12-9-21-13-24(21)20-7-10-33(11-8-20)28-30-16-19(2)17-31-28/h5-6,15-17,20-21,24H,4,7-14,18H2,1-3H3/t21-,24-/m1/s1. The molecule has 1 amide bonds. The molecule has 0 radical (unpaired) electrons. The molecule has 2 aliphatic rings. The zero-order valence-electron chi connectivity index (χ0n) is 22.0. The molecular formula is C28H37FN4O4. The van der Waals surface area contributed by atoms with Crippen molar-refractivity contribution in [3.8, 4) is 5.75 Å². The molecule has 1 aromatic carbocycles. The van der Waals surface area contributed by atoms with E-state index in [0.29, 0.717) is 18.3 Å². The topological polar surface area (TPSA) is 84.9 Å².